The molecule has 0 fully saturated rings. The van der Waals surface area contributed by atoms with Crippen LogP contribution in [0.25, 0.3) is 144 Å². The predicted molar refractivity (Wildman–Crippen MR) is 285 cm³/mol. The molecule has 0 saturated carbocycles. The van der Waals surface area contributed by atoms with Crippen molar-refractivity contribution in [2.24, 2.45) is 0 Å². The van der Waals surface area contributed by atoms with Crippen molar-refractivity contribution in [2.75, 3.05) is 0 Å². The van der Waals surface area contributed by atoms with E-state index in [1.54, 1.807) is 0 Å². The molecule has 0 atom stereocenters. The van der Waals surface area contributed by atoms with Gasteiger partial charge in [0.2, 0.25) is 5.95 Å². The lowest BCUT2D eigenvalue weighted by Crippen LogP contribution is -2.06. The highest BCUT2D eigenvalue weighted by atomic mass is 16.3. The zero-order valence-electron chi connectivity index (χ0n) is 37.4. The van der Waals surface area contributed by atoms with Crippen LogP contribution in [0.4, 0.5) is 0 Å². The van der Waals surface area contributed by atoms with Crippen LogP contribution in [0.3, 0.4) is 0 Å². The van der Waals surface area contributed by atoms with Crippen molar-refractivity contribution in [3.05, 3.63) is 224 Å². The van der Waals surface area contributed by atoms with Crippen LogP contribution in [0.1, 0.15) is 0 Å². The molecule has 70 heavy (non-hydrogen) atoms. The van der Waals surface area contributed by atoms with Crippen molar-refractivity contribution < 1.29 is 8.83 Å². The van der Waals surface area contributed by atoms with Gasteiger partial charge >= 0.3 is 0 Å². The number of para-hydroxylation sites is 4. The number of fused-ring (bicyclic) bond motifs is 12. The van der Waals surface area contributed by atoms with E-state index in [4.69, 9.17) is 23.8 Å². The van der Waals surface area contributed by atoms with Crippen molar-refractivity contribution in [3.63, 3.8) is 0 Å². The molecule has 0 spiro atoms. The Labute approximate surface area is 399 Å². The molecule has 0 aliphatic rings. The van der Waals surface area contributed by atoms with Gasteiger partial charge < -0.3 is 13.4 Å². The number of rotatable bonds is 6. The van der Waals surface area contributed by atoms with Crippen LogP contribution in [0.15, 0.2) is 233 Å². The molecule has 0 bridgehead atoms. The second-order valence-electron chi connectivity index (χ2n) is 18.0. The third-order valence-corrected chi connectivity index (χ3v) is 14.0. The van der Waals surface area contributed by atoms with Gasteiger partial charge in [-0.05, 0) is 107 Å². The minimum absolute atomic E-state index is 0.511. The first-order valence-corrected chi connectivity index (χ1v) is 23.5. The summed E-state index contributed by atoms with van der Waals surface area (Å²) in [5.41, 5.74) is 14.8. The largest absolute Gasteiger partial charge is 0.456 e. The van der Waals surface area contributed by atoms with Crippen LogP contribution in [0.5, 0.6) is 0 Å². The predicted octanol–water partition coefficient (Wildman–Crippen LogP) is 16.5. The maximum atomic E-state index is 6.65. The van der Waals surface area contributed by atoms with Gasteiger partial charge in [0.05, 0.1) is 22.1 Å². The van der Waals surface area contributed by atoms with Crippen molar-refractivity contribution in [1.82, 2.24) is 24.1 Å². The van der Waals surface area contributed by atoms with Crippen LogP contribution < -0.4 is 0 Å². The van der Waals surface area contributed by atoms with E-state index in [1.807, 2.05) is 36.4 Å². The van der Waals surface area contributed by atoms with Gasteiger partial charge in [-0.1, -0.05) is 140 Å². The number of aromatic nitrogens is 5. The highest BCUT2D eigenvalue weighted by Crippen LogP contribution is 2.42. The molecular weight excluding hydrogens is 859 g/mol. The Kier molecular flexibility index (Phi) is 8.23. The Morgan fingerprint density at radius 3 is 1.59 bits per heavy atom. The monoisotopic (exact) mass is 895 g/mol. The first-order valence-electron chi connectivity index (χ1n) is 23.5. The number of furan rings is 2. The maximum absolute atomic E-state index is 6.65. The Hall–Kier alpha value is -9.59. The van der Waals surface area contributed by atoms with E-state index >= 15 is 0 Å². The fourth-order valence-corrected chi connectivity index (χ4v) is 10.8. The van der Waals surface area contributed by atoms with Crippen molar-refractivity contribution in [1.29, 1.82) is 0 Å². The van der Waals surface area contributed by atoms with Crippen LogP contribution in [-0.4, -0.2) is 24.1 Å². The first-order chi connectivity index (χ1) is 34.7. The van der Waals surface area contributed by atoms with E-state index in [-0.39, 0.29) is 0 Å². The van der Waals surface area contributed by atoms with Crippen LogP contribution >= 0.6 is 0 Å². The van der Waals surface area contributed by atoms with Crippen molar-refractivity contribution in [3.8, 4) is 56.7 Å². The van der Waals surface area contributed by atoms with E-state index in [9.17, 15) is 0 Å². The third-order valence-electron chi connectivity index (χ3n) is 14.0. The smallest absolute Gasteiger partial charge is 0.238 e. The summed E-state index contributed by atoms with van der Waals surface area (Å²) < 4.78 is 17.6. The second kappa shape index (κ2) is 15.0. The zero-order chi connectivity index (χ0) is 45.9. The Balaban J connectivity index is 0.943. The average molecular weight is 896 g/mol. The summed E-state index contributed by atoms with van der Waals surface area (Å²) in [7, 11) is 0. The molecule has 7 nitrogen and oxygen atoms in total. The van der Waals surface area contributed by atoms with E-state index in [1.165, 1.54) is 16.3 Å². The molecule has 0 saturated heterocycles. The van der Waals surface area contributed by atoms with Gasteiger partial charge in [-0.25, -0.2) is 4.98 Å². The molecule has 5 aromatic heterocycles. The van der Waals surface area contributed by atoms with Gasteiger partial charge in [-0.2, -0.15) is 9.97 Å². The van der Waals surface area contributed by atoms with E-state index in [0.717, 1.165) is 110 Å². The molecule has 0 aliphatic carbocycles. The summed E-state index contributed by atoms with van der Waals surface area (Å²) in [6.45, 7) is 0. The second-order valence-corrected chi connectivity index (χ2v) is 18.0. The lowest BCUT2D eigenvalue weighted by Gasteiger charge is -2.12. The maximum Gasteiger partial charge on any atom is 0.238 e. The molecule has 0 radical (unpaired) electrons. The Bertz CT molecular complexity index is 4600. The third kappa shape index (κ3) is 5.85. The highest BCUT2D eigenvalue weighted by Gasteiger charge is 2.22. The summed E-state index contributed by atoms with van der Waals surface area (Å²) in [4.78, 5) is 16.1. The van der Waals surface area contributed by atoms with E-state index < -0.39 is 0 Å². The quantitative estimate of drug-likeness (QED) is 0.166. The molecule has 0 amide bonds. The highest BCUT2D eigenvalue weighted by molar-refractivity contribution is 6.15. The Morgan fingerprint density at radius 2 is 0.814 bits per heavy atom. The van der Waals surface area contributed by atoms with Gasteiger partial charge in [-0.15, -0.1) is 0 Å². The summed E-state index contributed by atoms with van der Waals surface area (Å²) in [6.07, 6.45) is 0. The molecule has 0 aliphatic heterocycles. The molecule has 5 heterocycles. The molecular formula is C63H37N5O2. The number of benzene rings is 10. The summed E-state index contributed by atoms with van der Waals surface area (Å²) >= 11 is 0. The first kappa shape index (κ1) is 38.5. The molecule has 10 aromatic carbocycles. The number of hydrogen-bond acceptors (Lipinski definition) is 5. The minimum atomic E-state index is 0.511. The zero-order valence-corrected chi connectivity index (χ0v) is 37.4. The van der Waals surface area contributed by atoms with Gasteiger partial charge in [0.15, 0.2) is 11.6 Å². The fraction of sp³-hybridized carbons (Fsp3) is 0. The summed E-state index contributed by atoms with van der Waals surface area (Å²) in [5, 5.41) is 8.65. The molecule has 7 heteroatoms. The Morgan fingerprint density at radius 1 is 0.286 bits per heavy atom. The van der Waals surface area contributed by atoms with Gasteiger partial charge in [0, 0.05) is 59.9 Å². The van der Waals surface area contributed by atoms with Gasteiger partial charge in [-0.3, -0.25) is 4.57 Å². The normalized spacial score (nSPS) is 12.0. The molecule has 0 N–H and O–H groups in total. The fourth-order valence-electron chi connectivity index (χ4n) is 10.8. The number of nitrogens with zero attached hydrogens (tertiary/aromatic N) is 5. The average Bonchev–Trinajstić information content (AvgIpc) is 4.18. The van der Waals surface area contributed by atoms with E-state index in [0.29, 0.717) is 17.6 Å². The minimum Gasteiger partial charge on any atom is -0.456 e. The van der Waals surface area contributed by atoms with Crippen molar-refractivity contribution in [2.45, 2.75) is 0 Å². The van der Waals surface area contributed by atoms with Crippen molar-refractivity contribution >= 4 is 87.5 Å². The lowest BCUT2D eigenvalue weighted by molar-refractivity contribution is 0.668. The molecule has 15 rings (SSSR count). The van der Waals surface area contributed by atoms with Crippen LogP contribution in [0, 0.1) is 0 Å². The summed E-state index contributed by atoms with van der Waals surface area (Å²) in [5.74, 6) is 1.57. The van der Waals surface area contributed by atoms with Gasteiger partial charge in [0.1, 0.15) is 22.3 Å². The SMILES string of the molecule is c1ccc(-c2ccc3c(c2)c2ccccc2n3-c2nc(-c3ccc4c(c3)oc3ccccc34)nc(-c3cccc4oc5ccc(-c6ccc7c(c6)c6ccccc6n7-c6ccccc6)cc5c34)n2)cc1. The topological polar surface area (TPSA) is 74.8 Å². The van der Waals surface area contributed by atoms with Crippen LogP contribution in [0.2, 0.25) is 0 Å². The number of hydrogen-bond donors (Lipinski definition) is 0. The van der Waals surface area contributed by atoms with Gasteiger partial charge in [0.25, 0.3) is 0 Å². The summed E-state index contributed by atoms with van der Waals surface area (Å²) in [6, 6.07) is 78.6. The van der Waals surface area contributed by atoms with Crippen LogP contribution in [-0.2, 0) is 0 Å². The standard InChI is InChI=1S/C63H37N5O2/c1-3-14-38(15-4-1)39-27-32-55-50(34-39)45-19-8-11-23-53(45)68(55)63-65-61(42-26-30-47-46-20-9-12-24-56(46)70-59(47)37-42)64-62(66-63)48-21-13-25-58-60(48)51-36-41(29-33-57(51)69-58)40-28-31-54-49(35-40)44-18-7-10-22-52(44)67(54)43-16-5-2-6-17-43/h1-37H. The molecule has 326 valence electrons. The lowest BCUT2D eigenvalue weighted by atomic mass is 9.99. The van der Waals surface area contributed by atoms with E-state index in [2.05, 4.69) is 197 Å². The molecule has 15 aromatic rings. The molecule has 0 unspecified atom stereocenters.